The van der Waals surface area contributed by atoms with Crippen molar-refractivity contribution in [3.8, 4) is 11.1 Å². The van der Waals surface area contributed by atoms with Crippen LogP contribution < -0.4 is 4.48 Å². The average Bonchev–Trinajstić information content (AvgIpc) is 2.57. The van der Waals surface area contributed by atoms with Gasteiger partial charge in [-0.25, -0.2) is 0 Å². The molecule has 0 amide bonds. The monoisotopic (exact) mass is 274 g/mol. The normalized spacial score (nSPS) is 11.3. The maximum absolute atomic E-state index is 2.22. The van der Waals surface area contributed by atoms with Gasteiger partial charge < -0.3 is 0 Å². The van der Waals surface area contributed by atoms with Crippen molar-refractivity contribution in [3.63, 3.8) is 0 Å². The van der Waals surface area contributed by atoms with E-state index in [4.69, 9.17) is 0 Å². The SMILES string of the molecule is C[N+](C)(c1ccccc1)c1ccc(-c2ccccc2)cc1. The number of quaternary nitrogens is 1. The molecule has 0 aromatic heterocycles. The number of hydrogen-bond acceptors (Lipinski definition) is 0. The molecule has 1 heteroatoms. The van der Waals surface area contributed by atoms with Gasteiger partial charge in [-0.3, -0.25) is 4.48 Å². The van der Waals surface area contributed by atoms with Crippen molar-refractivity contribution in [2.45, 2.75) is 0 Å². The van der Waals surface area contributed by atoms with Gasteiger partial charge in [-0.15, -0.1) is 0 Å². The Bertz CT molecular complexity index is 698. The van der Waals surface area contributed by atoms with Gasteiger partial charge in [0, 0.05) is 12.1 Å². The molecule has 0 atom stereocenters. The summed E-state index contributed by atoms with van der Waals surface area (Å²) in [6, 6.07) is 29.9. The molecular weight excluding hydrogens is 254 g/mol. The fourth-order valence-corrected chi connectivity index (χ4v) is 2.61. The van der Waals surface area contributed by atoms with Crippen LogP contribution in [0.2, 0.25) is 0 Å². The van der Waals surface area contributed by atoms with Gasteiger partial charge in [0.15, 0.2) is 0 Å². The first-order valence-corrected chi connectivity index (χ1v) is 7.23. The molecule has 104 valence electrons. The lowest BCUT2D eigenvalue weighted by Gasteiger charge is -2.28. The van der Waals surface area contributed by atoms with E-state index in [9.17, 15) is 0 Å². The van der Waals surface area contributed by atoms with E-state index in [2.05, 4.69) is 93.0 Å². The molecular formula is C20H20N+. The molecule has 0 N–H and O–H groups in total. The molecule has 0 heterocycles. The lowest BCUT2D eigenvalue weighted by molar-refractivity contribution is 0.555. The summed E-state index contributed by atoms with van der Waals surface area (Å²) < 4.78 is 0.746. The Morgan fingerprint density at radius 2 is 0.905 bits per heavy atom. The van der Waals surface area contributed by atoms with Gasteiger partial charge in [0.1, 0.15) is 11.4 Å². The van der Waals surface area contributed by atoms with Gasteiger partial charge in [-0.1, -0.05) is 48.5 Å². The average molecular weight is 274 g/mol. The topological polar surface area (TPSA) is 0 Å². The Hall–Kier alpha value is -2.38. The van der Waals surface area contributed by atoms with Crippen molar-refractivity contribution in [1.29, 1.82) is 0 Å². The molecule has 0 bridgehead atoms. The summed E-state index contributed by atoms with van der Waals surface area (Å²) in [5.74, 6) is 0. The first kappa shape index (κ1) is 13.6. The molecule has 3 rings (SSSR count). The van der Waals surface area contributed by atoms with E-state index in [1.165, 1.54) is 22.5 Å². The largest absolute Gasteiger partial charge is 0.264 e. The van der Waals surface area contributed by atoms with Gasteiger partial charge in [0.25, 0.3) is 0 Å². The molecule has 1 nitrogen and oxygen atoms in total. The Morgan fingerprint density at radius 3 is 1.48 bits per heavy atom. The Labute approximate surface area is 126 Å². The number of nitrogens with zero attached hydrogens (tertiary/aromatic N) is 1. The predicted molar refractivity (Wildman–Crippen MR) is 91.6 cm³/mol. The number of rotatable bonds is 3. The summed E-state index contributed by atoms with van der Waals surface area (Å²) in [6.07, 6.45) is 0. The van der Waals surface area contributed by atoms with Gasteiger partial charge in [0.2, 0.25) is 0 Å². The highest BCUT2D eigenvalue weighted by atomic mass is 15.3. The molecule has 0 saturated carbocycles. The van der Waals surface area contributed by atoms with E-state index in [-0.39, 0.29) is 0 Å². The van der Waals surface area contributed by atoms with E-state index in [1.807, 2.05) is 6.07 Å². The zero-order chi connectivity index (χ0) is 14.7. The lowest BCUT2D eigenvalue weighted by Crippen LogP contribution is -2.34. The van der Waals surface area contributed by atoms with Crippen molar-refractivity contribution in [2.75, 3.05) is 14.1 Å². The van der Waals surface area contributed by atoms with Crippen molar-refractivity contribution < 1.29 is 0 Å². The van der Waals surface area contributed by atoms with E-state index < -0.39 is 0 Å². The third-order valence-electron chi connectivity index (χ3n) is 4.02. The number of para-hydroxylation sites is 1. The zero-order valence-electron chi connectivity index (χ0n) is 12.5. The maximum Gasteiger partial charge on any atom is 0.137 e. The molecule has 0 spiro atoms. The van der Waals surface area contributed by atoms with Crippen LogP contribution in [0.1, 0.15) is 0 Å². The second-order valence-electron chi connectivity index (χ2n) is 5.70. The molecule has 21 heavy (non-hydrogen) atoms. The first-order valence-electron chi connectivity index (χ1n) is 7.23. The molecule has 0 unspecified atom stereocenters. The van der Waals surface area contributed by atoms with Crippen molar-refractivity contribution in [3.05, 3.63) is 84.9 Å². The zero-order valence-corrected chi connectivity index (χ0v) is 12.5. The van der Waals surface area contributed by atoms with Crippen LogP contribution in [0.25, 0.3) is 11.1 Å². The fraction of sp³-hybridized carbons (Fsp3) is 0.100. The summed E-state index contributed by atoms with van der Waals surface area (Å²) in [7, 11) is 4.43. The van der Waals surface area contributed by atoms with E-state index >= 15 is 0 Å². The second-order valence-corrected chi connectivity index (χ2v) is 5.70. The summed E-state index contributed by atoms with van der Waals surface area (Å²) in [6.45, 7) is 0. The Balaban J connectivity index is 1.94. The quantitative estimate of drug-likeness (QED) is 0.572. The molecule has 3 aromatic carbocycles. The molecule has 0 fully saturated rings. The minimum atomic E-state index is 0.746. The third-order valence-corrected chi connectivity index (χ3v) is 4.02. The van der Waals surface area contributed by atoms with Crippen LogP contribution >= 0.6 is 0 Å². The molecule has 0 aliphatic heterocycles. The standard InChI is InChI=1S/C20H20N/c1-21(2,19-11-7-4-8-12-19)20-15-13-18(14-16-20)17-9-5-3-6-10-17/h3-16H,1-2H3/q+1. The predicted octanol–water partition coefficient (Wildman–Crippen LogP) is 5.25. The van der Waals surface area contributed by atoms with Crippen LogP contribution in [0, 0.1) is 0 Å². The molecule has 0 saturated heterocycles. The van der Waals surface area contributed by atoms with Gasteiger partial charge in [-0.2, -0.15) is 0 Å². The maximum atomic E-state index is 2.22. The highest BCUT2D eigenvalue weighted by Gasteiger charge is 2.21. The number of benzene rings is 3. The van der Waals surface area contributed by atoms with Crippen LogP contribution in [0.4, 0.5) is 11.4 Å². The second kappa shape index (κ2) is 5.55. The van der Waals surface area contributed by atoms with Crippen LogP contribution in [0.5, 0.6) is 0 Å². The highest BCUT2D eigenvalue weighted by molar-refractivity contribution is 5.67. The van der Waals surface area contributed by atoms with Gasteiger partial charge >= 0.3 is 0 Å². The molecule has 0 aliphatic rings. The molecule has 3 aromatic rings. The smallest absolute Gasteiger partial charge is 0.137 e. The lowest BCUT2D eigenvalue weighted by atomic mass is 10.0. The summed E-state index contributed by atoms with van der Waals surface area (Å²) >= 11 is 0. The summed E-state index contributed by atoms with van der Waals surface area (Å²) in [5, 5.41) is 0. The van der Waals surface area contributed by atoms with E-state index in [1.54, 1.807) is 0 Å². The van der Waals surface area contributed by atoms with E-state index in [0.717, 1.165) is 4.48 Å². The molecule has 0 radical (unpaired) electrons. The summed E-state index contributed by atoms with van der Waals surface area (Å²) in [4.78, 5) is 0. The minimum Gasteiger partial charge on any atom is -0.264 e. The van der Waals surface area contributed by atoms with Crippen molar-refractivity contribution in [1.82, 2.24) is 4.48 Å². The van der Waals surface area contributed by atoms with Crippen LogP contribution in [0.3, 0.4) is 0 Å². The minimum absolute atomic E-state index is 0.746. The van der Waals surface area contributed by atoms with E-state index in [0.29, 0.717) is 0 Å². The summed E-state index contributed by atoms with van der Waals surface area (Å²) in [5.41, 5.74) is 5.08. The number of hydrogen-bond donors (Lipinski definition) is 0. The fourth-order valence-electron chi connectivity index (χ4n) is 2.61. The molecule has 0 aliphatic carbocycles. The van der Waals surface area contributed by atoms with Gasteiger partial charge in [-0.05, 0) is 35.4 Å². The third kappa shape index (κ3) is 2.74. The van der Waals surface area contributed by atoms with Crippen LogP contribution in [-0.2, 0) is 0 Å². The van der Waals surface area contributed by atoms with Crippen molar-refractivity contribution in [2.24, 2.45) is 0 Å². The highest BCUT2D eigenvalue weighted by Crippen LogP contribution is 2.31. The Morgan fingerprint density at radius 1 is 0.476 bits per heavy atom. The van der Waals surface area contributed by atoms with Crippen molar-refractivity contribution >= 4 is 11.4 Å². The van der Waals surface area contributed by atoms with Crippen LogP contribution in [0.15, 0.2) is 84.9 Å². The Kier molecular flexibility index (Phi) is 3.59. The van der Waals surface area contributed by atoms with Crippen LogP contribution in [-0.4, -0.2) is 14.1 Å². The van der Waals surface area contributed by atoms with Gasteiger partial charge in [0.05, 0.1) is 14.1 Å². The first-order chi connectivity index (χ1) is 10.2.